The van der Waals surface area contributed by atoms with Crippen LogP contribution in [-0.2, 0) is 18.8 Å². The SMILES string of the molecule is CC(C)C[C@H](NC(=O)CNC(=O)OC(C)(C)C)B1O[C@@H]2C[C@H]3C[C@H](C3(C)C)[C@]2(C)O1. The molecule has 4 fully saturated rings. The molecular weight excluding hydrogens is 383 g/mol. The largest absolute Gasteiger partial charge is 0.481 e. The van der Waals surface area contributed by atoms with Gasteiger partial charge >= 0.3 is 13.2 Å². The normalized spacial score (nSPS) is 32.8. The monoisotopic (exact) mass is 422 g/mol. The lowest BCUT2D eigenvalue weighted by atomic mass is 9.43. The van der Waals surface area contributed by atoms with Gasteiger partial charge in [0.25, 0.3) is 0 Å². The zero-order valence-electron chi connectivity index (χ0n) is 19.8. The highest BCUT2D eigenvalue weighted by molar-refractivity contribution is 6.47. The number of ether oxygens (including phenoxy) is 1. The number of amides is 2. The zero-order valence-corrected chi connectivity index (χ0v) is 19.8. The van der Waals surface area contributed by atoms with E-state index in [9.17, 15) is 9.59 Å². The minimum Gasteiger partial charge on any atom is -0.444 e. The lowest BCUT2D eigenvalue weighted by Crippen LogP contribution is -2.65. The highest BCUT2D eigenvalue weighted by Gasteiger charge is 2.68. The van der Waals surface area contributed by atoms with Crippen LogP contribution >= 0.6 is 0 Å². The predicted molar refractivity (Wildman–Crippen MR) is 116 cm³/mol. The molecule has 1 heterocycles. The maximum Gasteiger partial charge on any atom is 0.481 e. The fourth-order valence-electron chi connectivity index (χ4n) is 5.54. The van der Waals surface area contributed by atoms with E-state index in [1.807, 2.05) is 0 Å². The van der Waals surface area contributed by atoms with Crippen molar-refractivity contribution >= 4 is 19.1 Å². The van der Waals surface area contributed by atoms with Crippen molar-refractivity contribution in [2.45, 2.75) is 97.9 Å². The van der Waals surface area contributed by atoms with E-state index in [1.54, 1.807) is 20.8 Å². The summed E-state index contributed by atoms with van der Waals surface area (Å²) in [4.78, 5) is 24.4. The molecule has 4 rings (SSSR count). The molecule has 7 nitrogen and oxygen atoms in total. The van der Waals surface area contributed by atoms with Gasteiger partial charge in [0.05, 0.1) is 24.2 Å². The molecule has 0 spiro atoms. The summed E-state index contributed by atoms with van der Waals surface area (Å²) < 4.78 is 18.1. The van der Waals surface area contributed by atoms with Gasteiger partial charge in [-0.15, -0.1) is 0 Å². The number of nitrogens with one attached hydrogen (secondary N) is 2. The Balaban J connectivity index is 1.60. The molecule has 0 aromatic heterocycles. The second-order valence-electron chi connectivity index (χ2n) is 11.5. The van der Waals surface area contributed by atoms with E-state index in [0.29, 0.717) is 17.8 Å². The molecule has 2 N–H and O–H groups in total. The van der Waals surface area contributed by atoms with Crippen molar-refractivity contribution in [1.82, 2.24) is 10.6 Å². The zero-order chi connectivity index (χ0) is 22.5. The van der Waals surface area contributed by atoms with Crippen LogP contribution in [0.3, 0.4) is 0 Å². The van der Waals surface area contributed by atoms with Gasteiger partial charge < -0.3 is 24.7 Å². The first kappa shape index (κ1) is 23.4. The van der Waals surface area contributed by atoms with Crippen molar-refractivity contribution < 1.29 is 23.6 Å². The minimum atomic E-state index is -0.605. The Labute approximate surface area is 181 Å². The second kappa shape index (κ2) is 8.01. The van der Waals surface area contributed by atoms with Crippen molar-refractivity contribution in [3.63, 3.8) is 0 Å². The molecule has 0 aromatic carbocycles. The van der Waals surface area contributed by atoms with E-state index in [1.165, 1.54) is 6.42 Å². The fraction of sp³-hybridized carbons (Fsp3) is 0.909. The first-order chi connectivity index (χ1) is 13.7. The Morgan fingerprint density at radius 1 is 1.20 bits per heavy atom. The highest BCUT2D eigenvalue weighted by atomic mass is 16.7. The van der Waals surface area contributed by atoms with E-state index in [4.69, 9.17) is 14.0 Å². The minimum absolute atomic E-state index is 0.0747. The molecule has 0 unspecified atom stereocenters. The summed E-state index contributed by atoms with van der Waals surface area (Å²) in [6, 6.07) is 0. The molecule has 0 radical (unpaired) electrons. The molecule has 8 heteroatoms. The first-order valence-corrected chi connectivity index (χ1v) is 11.3. The van der Waals surface area contributed by atoms with E-state index in [0.717, 1.165) is 12.8 Å². The first-order valence-electron chi connectivity index (χ1n) is 11.3. The molecule has 3 aliphatic carbocycles. The van der Waals surface area contributed by atoms with Gasteiger partial charge in [0.1, 0.15) is 5.60 Å². The van der Waals surface area contributed by atoms with Crippen molar-refractivity contribution in [3.05, 3.63) is 0 Å². The van der Waals surface area contributed by atoms with Crippen molar-refractivity contribution in [1.29, 1.82) is 0 Å². The third kappa shape index (κ3) is 4.64. The van der Waals surface area contributed by atoms with Crippen LogP contribution < -0.4 is 10.6 Å². The summed E-state index contributed by atoms with van der Waals surface area (Å²) in [7, 11) is -0.469. The van der Waals surface area contributed by atoms with Crippen LogP contribution in [0.15, 0.2) is 0 Å². The molecule has 1 saturated heterocycles. The third-order valence-corrected chi connectivity index (χ3v) is 7.16. The van der Waals surface area contributed by atoms with Gasteiger partial charge in [0, 0.05) is 0 Å². The van der Waals surface area contributed by atoms with Gasteiger partial charge in [0.15, 0.2) is 0 Å². The number of carbonyl (C=O) groups is 2. The summed E-state index contributed by atoms with van der Waals surface area (Å²) in [5.74, 6) is 0.980. The van der Waals surface area contributed by atoms with Gasteiger partial charge in [-0.25, -0.2) is 4.79 Å². The molecule has 0 aromatic rings. The van der Waals surface area contributed by atoms with E-state index < -0.39 is 18.8 Å². The van der Waals surface area contributed by atoms with Crippen LogP contribution in [0.1, 0.15) is 74.7 Å². The van der Waals surface area contributed by atoms with Gasteiger partial charge in [-0.3, -0.25) is 4.79 Å². The number of hydrogen-bond acceptors (Lipinski definition) is 5. The summed E-state index contributed by atoms with van der Waals surface area (Å²) in [6.45, 7) is 16.3. The van der Waals surface area contributed by atoms with Crippen LogP contribution in [0.5, 0.6) is 0 Å². The van der Waals surface area contributed by atoms with Gasteiger partial charge in [0.2, 0.25) is 5.91 Å². The second-order valence-corrected chi connectivity index (χ2v) is 11.5. The van der Waals surface area contributed by atoms with E-state index in [2.05, 4.69) is 45.3 Å². The summed E-state index contributed by atoms with van der Waals surface area (Å²) in [6.07, 6.45) is 2.41. The molecule has 30 heavy (non-hydrogen) atoms. The number of alkyl carbamates (subject to hydrolysis) is 1. The third-order valence-electron chi connectivity index (χ3n) is 7.16. The summed E-state index contributed by atoms with van der Waals surface area (Å²) in [5, 5.41) is 5.54. The molecule has 3 saturated carbocycles. The Kier molecular flexibility index (Phi) is 6.24. The van der Waals surface area contributed by atoms with Crippen LogP contribution in [0.2, 0.25) is 0 Å². The van der Waals surface area contributed by atoms with Crippen LogP contribution in [0.25, 0.3) is 0 Å². The Morgan fingerprint density at radius 2 is 1.87 bits per heavy atom. The van der Waals surface area contributed by atoms with Crippen LogP contribution in [0.4, 0.5) is 4.79 Å². The number of carbonyl (C=O) groups excluding carboxylic acids is 2. The quantitative estimate of drug-likeness (QED) is 0.642. The molecule has 2 bridgehead atoms. The number of hydrogen-bond donors (Lipinski definition) is 2. The van der Waals surface area contributed by atoms with Gasteiger partial charge in [-0.05, 0) is 70.1 Å². The van der Waals surface area contributed by atoms with Gasteiger partial charge in [-0.2, -0.15) is 0 Å². The molecule has 4 aliphatic rings. The fourth-order valence-corrected chi connectivity index (χ4v) is 5.54. The van der Waals surface area contributed by atoms with Crippen molar-refractivity contribution in [2.24, 2.45) is 23.2 Å². The average Bonchev–Trinajstić information content (AvgIpc) is 2.94. The number of rotatable bonds is 6. The van der Waals surface area contributed by atoms with Crippen molar-refractivity contribution in [2.75, 3.05) is 6.54 Å². The molecule has 170 valence electrons. The van der Waals surface area contributed by atoms with Crippen LogP contribution in [-0.4, -0.2) is 48.9 Å². The predicted octanol–water partition coefficient (Wildman–Crippen LogP) is 3.31. The average molecular weight is 422 g/mol. The maximum absolute atomic E-state index is 12.5. The standard InChI is InChI=1S/C22H39BN2O5/c1-13(2)9-17(25-18(26)12-24-19(27)28-20(3,4)5)23-29-16-11-14-10-15(21(14,6)7)22(16,8)30-23/h13-17H,9-12H2,1-8H3,(H,24,27)(H,25,26)/t14-,15-,16-,17+,22+/m1/s1. The van der Waals surface area contributed by atoms with E-state index >= 15 is 0 Å². The molecular formula is C22H39BN2O5. The smallest absolute Gasteiger partial charge is 0.444 e. The lowest BCUT2D eigenvalue weighted by Gasteiger charge is -2.64. The summed E-state index contributed by atoms with van der Waals surface area (Å²) >= 11 is 0. The Bertz CT molecular complexity index is 677. The van der Waals surface area contributed by atoms with E-state index in [-0.39, 0.29) is 35.5 Å². The summed E-state index contributed by atoms with van der Waals surface area (Å²) in [5.41, 5.74) is -0.637. The van der Waals surface area contributed by atoms with Gasteiger partial charge in [-0.1, -0.05) is 27.7 Å². The molecule has 5 atom stereocenters. The Morgan fingerprint density at radius 3 is 2.43 bits per heavy atom. The van der Waals surface area contributed by atoms with Crippen LogP contribution in [0, 0.1) is 23.2 Å². The lowest BCUT2D eigenvalue weighted by molar-refractivity contribution is -0.199. The van der Waals surface area contributed by atoms with Crippen molar-refractivity contribution in [3.8, 4) is 0 Å². The molecule has 2 amide bonds. The topological polar surface area (TPSA) is 85.9 Å². The Hall–Kier alpha value is -1.28. The highest BCUT2D eigenvalue weighted by Crippen LogP contribution is 2.65. The maximum atomic E-state index is 12.5. The molecule has 1 aliphatic heterocycles.